The van der Waals surface area contributed by atoms with Gasteiger partial charge in [-0.3, -0.25) is 0 Å². The number of nitrogens with zero attached hydrogens (tertiary/aromatic N) is 2. The summed E-state index contributed by atoms with van der Waals surface area (Å²) in [7, 11) is 7.27. The Hall–Kier alpha value is -3.77. The molecular formula is C26H27N3O3. The Balaban J connectivity index is 1.89. The fraction of sp³-hybridized carbons (Fsp3) is 0.192. The van der Waals surface area contributed by atoms with Crippen molar-refractivity contribution in [2.45, 2.75) is 6.54 Å². The van der Waals surface area contributed by atoms with Crippen LogP contribution in [-0.2, 0) is 6.54 Å². The average molecular weight is 430 g/mol. The molecule has 0 spiro atoms. The number of ether oxygens (including phenoxy) is 2. The maximum absolute atomic E-state index is 10.9. The number of rotatable bonds is 7. The molecule has 2 N–H and O–H groups in total. The van der Waals surface area contributed by atoms with Crippen molar-refractivity contribution in [2.75, 3.05) is 28.3 Å². The third kappa shape index (κ3) is 4.31. The van der Waals surface area contributed by atoms with Crippen LogP contribution in [0.2, 0.25) is 0 Å². The van der Waals surface area contributed by atoms with E-state index < -0.39 is 0 Å². The van der Waals surface area contributed by atoms with E-state index in [4.69, 9.17) is 14.5 Å². The summed E-state index contributed by atoms with van der Waals surface area (Å²) in [6, 6.07) is 21.7. The highest BCUT2D eigenvalue weighted by Crippen LogP contribution is 2.38. The largest absolute Gasteiger partial charge is 0.494 e. The number of H-pyrrole nitrogens is 1. The number of aliphatic imine (C=N–C) groups is 1. The van der Waals surface area contributed by atoms with E-state index in [9.17, 15) is 5.11 Å². The summed E-state index contributed by atoms with van der Waals surface area (Å²) in [6.07, 6.45) is 0. The first-order valence-corrected chi connectivity index (χ1v) is 10.3. The Morgan fingerprint density at radius 3 is 2.22 bits per heavy atom. The maximum Gasteiger partial charge on any atom is 0.199 e. The van der Waals surface area contributed by atoms with Crippen LogP contribution in [0.25, 0.3) is 10.9 Å². The normalized spacial score (nSPS) is 11.8. The first-order valence-electron chi connectivity index (χ1n) is 10.3. The summed E-state index contributed by atoms with van der Waals surface area (Å²) in [6.45, 7) is 0.862. The van der Waals surface area contributed by atoms with Gasteiger partial charge < -0.3 is 24.5 Å². The van der Waals surface area contributed by atoms with Crippen LogP contribution in [0.4, 0.5) is 5.69 Å². The van der Waals surface area contributed by atoms with E-state index >= 15 is 0 Å². The van der Waals surface area contributed by atoms with Gasteiger partial charge in [0.15, 0.2) is 17.4 Å². The molecule has 0 aliphatic carbocycles. The Labute approximate surface area is 187 Å². The van der Waals surface area contributed by atoms with Crippen molar-refractivity contribution in [3.63, 3.8) is 0 Å². The molecular weight excluding hydrogens is 402 g/mol. The number of fused-ring (bicyclic) bond motifs is 1. The number of hydrogen-bond donors (Lipinski definition) is 2. The quantitative estimate of drug-likeness (QED) is 0.400. The van der Waals surface area contributed by atoms with Crippen LogP contribution in [0.5, 0.6) is 17.4 Å². The van der Waals surface area contributed by atoms with E-state index in [1.165, 1.54) is 5.56 Å². The van der Waals surface area contributed by atoms with Crippen LogP contribution in [0.3, 0.4) is 0 Å². The molecule has 0 fully saturated rings. The lowest BCUT2D eigenvalue weighted by Gasteiger charge is -2.11. The van der Waals surface area contributed by atoms with Gasteiger partial charge in [-0.1, -0.05) is 42.5 Å². The molecule has 0 amide bonds. The van der Waals surface area contributed by atoms with Crippen molar-refractivity contribution in [3.05, 3.63) is 83.4 Å². The maximum atomic E-state index is 10.9. The van der Waals surface area contributed by atoms with E-state index in [-0.39, 0.29) is 5.88 Å². The van der Waals surface area contributed by atoms with Crippen LogP contribution in [0.15, 0.2) is 71.7 Å². The van der Waals surface area contributed by atoms with Gasteiger partial charge in [0, 0.05) is 23.6 Å². The fourth-order valence-corrected chi connectivity index (χ4v) is 3.78. The van der Waals surface area contributed by atoms with Crippen LogP contribution < -0.4 is 9.47 Å². The predicted octanol–water partition coefficient (Wildman–Crippen LogP) is 5.12. The number of aromatic amines is 1. The smallest absolute Gasteiger partial charge is 0.199 e. The summed E-state index contributed by atoms with van der Waals surface area (Å²) in [4.78, 5) is 10.1. The molecule has 0 unspecified atom stereocenters. The molecule has 32 heavy (non-hydrogen) atoms. The zero-order chi connectivity index (χ0) is 22.7. The minimum atomic E-state index is 0.0436. The third-order valence-electron chi connectivity index (χ3n) is 5.24. The van der Waals surface area contributed by atoms with E-state index in [0.29, 0.717) is 22.8 Å². The molecule has 164 valence electrons. The SMILES string of the molecule is COc1cc2[nH]c(O)c(C(=Nc3ccc(CN(C)C)cc3)c3ccccc3)c2cc1OC. The topological polar surface area (TPSA) is 70.1 Å². The van der Waals surface area contributed by atoms with Crippen molar-refractivity contribution in [1.29, 1.82) is 0 Å². The van der Waals surface area contributed by atoms with E-state index in [2.05, 4.69) is 22.0 Å². The van der Waals surface area contributed by atoms with E-state index in [0.717, 1.165) is 28.7 Å². The molecule has 1 heterocycles. The third-order valence-corrected chi connectivity index (χ3v) is 5.24. The minimum absolute atomic E-state index is 0.0436. The molecule has 0 bridgehead atoms. The first-order chi connectivity index (χ1) is 15.5. The molecule has 6 nitrogen and oxygen atoms in total. The Morgan fingerprint density at radius 2 is 1.59 bits per heavy atom. The van der Waals surface area contributed by atoms with Gasteiger partial charge in [-0.05, 0) is 37.9 Å². The van der Waals surface area contributed by atoms with Crippen molar-refractivity contribution in [2.24, 2.45) is 4.99 Å². The lowest BCUT2D eigenvalue weighted by atomic mass is 10.0. The average Bonchev–Trinajstić information content (AvgIpc) is 3.12. The van der Waals surface area contributed by atoms with Crippen molar-refractivity contribution in [3.8, 4) is 17.4 Å². The van der Waals surface area contributed by atoms with Crippen LogP contribution >= 0.6 is 0 Å². The zero-order valence-corrected chi connectivity index (χ0v) is 18.7. The second-order valence-corrected chi connectivity index (χ2v) is 7.83. The van der Waals surface area contributed by atoms with E-state index in [1.807, 2.05) is 68.7 Å². The highest BCUT2D eigenvalue weighted by Gasteiger charge is 2.21. The lowest BCUT2D eigenvalue weighted by molar-refractivity contribution is 0.356. The van der Waals surface area contributed by atoms with Crippen LogP contribution in [0, 0.1) is 0 Å². The Kier molecular flexibility index (Phi) is 6.14. The molecule has 0 aliphatic rings. The Bertz CT molecular complexity index is 1240. The van der Waals surface area contributed by atoms with Crippen molar-refractivity contribution >= 4 is 22.3 Å². The molecule has 0 radical (unpaired) electrons. The molecule has 0 atom stereocenters. The molecule has 1 aromatic heterocycles. The van der Waals surface area contributed by atoms with Crippen LogP contribution in [0.1, 0.15) is 16.7 Å². The number of methoxy groups -OCH3 is 2. The fourth-order valence-electron chi connectivity index (χ4n) is 3.78. The minimum Gasteiger partial charge on any atom is -0.494 e. The summed E-state index contributed by atoms with van der Waals surface area (Å²) in [5, 5.41) is 11.7. The van der Waals surface area contributed by atoms with Gasteiger partial charge in [0.1, 0.15) is 0 Å². The molecule has 4 aromatic rings. The summed E-state index contributed by atoms with van der Waals surface area (Å²) < 4.78 is 10.9. The number of benzene rings is 3. The highest BCUT2D eigenvalue weighted by molar-refractivity contribution is 6.22. The molecule has 0 saturated carbocycles. The summed E-state index contributed by atoms with van der Waals surface area (Å²) in [5.41, 5.74) is 4.94. The summed E-state index contributed by atoms with van der Waals surface area (Å²) in [5.74, 6) is 1.21. The molecule has 4 rings (SSSR count). The standard InChI is InChI=1S/C26H27N3O3/c1-29(2)16-17-10-12-19(13-11-17)27-25(18-8-6-5-7-9-18)24-20-14-22(31-3)23(32-4)15-21(20)28-26(24)30/h5-15,28,30H,16H2,1-4H3. The first kappa shape index (κ1) is 21.5. The monoisotopic (exact) mass is 429 g/mol. The predicted molar refractivity (Wildman–Crippen MR) is 129 cm³/mol. The van der Waals surface area contributed by atoms with Gasteiger partial charge in [0.25, 0.3) is 0 Å². The number of nitrogens with one attached hydrogen (secondary N) is 1. The summed E-state index contributed by atoms with van der Waals surface area (Å²) >= 11 is 0. The van der Waals surface area contributed by atoms with Gasteiger partial charge in [-0.2, -0.15) is 0 Å². The second kappa shape index (κ2) is 9.16. The number of aromatic hydroxyl groups is 1. The molecule has 0 aliphatic heterocycles. The molecule has 0 saturated heterocycles. The lowest BCUT2D eigenvalue weighted by Crippen LogP contribution is -2.10. The number of hydrogen-bond acceptors (Lipinski definition) is 5. The van der Waals surface area contributed by atoms with Crippen molar-refractivity contribution in [1.82, 2.24) is 9.88 Å². The van der Waals surface area contributed by atoms with Gasteiger partial charge in [-0.15, -0.1) is 0 Å². The Morgan fingerprint density at radius 1 is 0.938 bits per heavy atom. The van der Waals surface area contributed by atoms with Gasteiger partial charge >= 0.3 is 0 Å². The van der Waals surface area contributed by atoms with Crippen LogP contribution in [-0.4, -0.2) is 49.0 Å². The van der Waals surface area contributed by atoms with Gasteiger partial charge in [0.05, 0.1) is 36.7 Å². The van der Waals surface area contributed by atoms with Gasteiger partial charge in [0.2, 0.25) is 0 Å². The van der Waals surface area contributed by atoms with Crippen molar-refractivity contribution < 1.29 is 14.6 Å². The molecule has 6 heteroatoms. The van der Waals surface area contributed by atoms with E-state index in [1.54, 1.807) is 14.2 Å². The zero-order valence-electron chi connectivity index (χ0n) is 18.7. The van der Waals surface area contributed by atoms with Gasteiger partial charge in [-0.25, -0.2) is 4.99 Å². The number of aromatic nitrogens is 1. The second-order valence-electron chi connectivity index (χ2n) is 7.83. The highest BCUT2D eigenvalue weighted by atomic mass is 16.5. The molecule has 3 aromatic carbocycles.